The molecule has 0 aliphatic heterocycles. The summed E-state index contributed by atoms with van der Waals surface area (Å²) in [7, 11) is 0. The fraction of sp³-hybridized carbons (Fsp3) is 0. The summed E-state index contributed by atoms with van der Waals surface area (Å²) in [6.07, 6.45) is 0. The second-order valence-electron chi connectivity index (χ2n) is 1.95. The third-order valence-corrected chi connectivity index (χ3v) is 1.19. The van der Waals surface area contributed by atoms with E-state index >= 15 is 0 Å². The van der Waals surface area contributed by atoms with Gasteiger partial charge in [-0.15, -0.1) is 0 Å². The van der Waals surface area contributed by atoms with Crippen molar-refractivity contribution in [2.75, 3.05) is 0 Å². The van der Waals surface area contributed by atoms with Crippen LogP contribution >= 0.6 is 0 Å². The molecule has 0 N–H and O–H groups in total. The Morgan fingerprint density at radius 1 is 1.50 bits per heavy atom. The van der Waals surface area contributed by atoms with Gasteiger partial charge in [0.2, 0.25) is 5.78 Å². The molecule has 0 fully saturated rings. The van der Waals surface area contributed by atoms with Gasteiger partial charge in [-0.2, -0.15) is 9.73 Å². The quantitative estimate of drug-likeness (QED) is 0.265. The molecule has 0 aromatic carbocycles. The van der Waals surface area contributed by atoms with Crippen LogP contribution in [0.25, 0.3) is 5.78 Å². The van der Waals surface area contributed by atoms with E-state index in [1.807, 2.05) is 0 Å². The summed E-state index contributed by atoms with van der Waals surface area (Å²) in [4.78, 5) is 23.5. The van der Waals surface area contributed by atoms with Gasteiger partial charge in [-0.1, -0.05) is 4.98 Å². The molecule has 0 spiro atoms. The Morgan fingerprint density at radius 3 is 2.79 bits per heavy atom. The molecule has 0 aliphatic rings. The van der Waals surface area contributed by atoms with Crippen LogP contribution in [0.4, 0.5) is 5.95 Å². The van der Waals surface area contributed by atoms with E-state index in [2.05, 4.69) is 25.5 Å². The third-order valence-electron chi connectivity index (χ3n) is 1.19. The predicted octanol–water partition coefficient (Wildman–Crippen LogP) is -5.25. The van der Waals surface area contributed by atoms with Crippen molar-refractivity contribution in [3.05, 3.63) is 20.6 Å². The van der Waals surface area contributed by atoms with E-state index in [9.17, 15) is 14.9 Å². The van der Waals surface area contributed by atoms with Crippen LogP contribution in [-0.4, -0.2) is 29.8 Å². The van der Waals surface area contributed by atoms with Crippen LogP contribution in [0.3, 0.4) is 0 Å². The van der Waals surface area contributed by atoms with Crippen molar-refractivity contribution in [2.45, 2.75) is 0 Å². The number of nitrogens with zero attached hydrogens (tertiary/aromatic N) is 7. The van der Waals surface area contributed by atoms with Crippen LogP contribution < -0.4 is 62.2 Å². The zero-order valence-corrected chi connectivity index (χ0v) is 9.98. The Balaban J connectivity index is 0.000000980. The van der Waals surface area contributed by atoms with E-state index < -0.39 is 16.6 Å². The van der Waals surface area contributed by atoms with Crippen molar-refractivity contribution in [3.8, 4) is 0 Å². The summed E-state index contributed by atoms with van der Waals surface area (Å²) in [6.45, 7) is 0. The van der Waals surface area contributed by atoms with Gasteiger partial charge in [0.1, 0.15) is 0 Å². The second-order valence-corrected chi connectivity index (χ2v) is 1.95. The van der Waals surface area contributed by atoms with Crippen LogP contribution in [0.1, 0.15) is 0 Å². The van der Waals surface area contributed by atoms with Gasteiger partial charge in [0, 0.05) is 0 Å². The second kappa shape index (κ2) is 4.18. The molecule has 0 amide bonds. The van der Waals surface area contributed by atoms with Gasteiger partial charge < -0.3 is 10.1 Å². The Labute approximate surface area is 117 Å². The van der Waals surface area contributed by atoms with Crippen LogP contribution in [0.15, 0.2) is 4.79 Å². The minimum absolute atomic E-state index is 0. The molecule has 2 heterocycles. The molecule has 2 aromatic heterocycles. The first-order valence-corrected chi connectivity index (χ1v) is 2.96. The van der Waals surface area contributed by atoms with Gasteiger partial charge in [0.25, 0.3) is 5.69 Å². The van der Waals surface area contributed by atoms with Gasteiger partial charge in [-0.25, -0.2) is 10.2 Å². The monoisotopic (exact) mass is 221 g/mol. The minimum atomic E-state index is -0.856. The molecule has 66 valence electrons. The number of rotatable bonds is 1. The molecular weight excluding hydrogens is 221 g/mol. The maximum absolute atomic E-state index is 10.8. The Kier molecular flexibility index (Phi) is 3.38. The minimum Gasteiger partial charge on any atom is -0.390 e. The number of nitro groups is 1. The molecule has 0 unspecified atom stereocenters. The third kappa shape index (κ3) is 1.85. The smallest absolute Gasteiger partial charge is 0.390 e. The summed E-state index contributed by atoms with van der Waals surface area (Å²) in [6, 6.07) is 0. The molecule has 0 aliphatic carbocycles. The van der Waals surface area contributed by atoms with E-state index in [1.165, 1.54) is 0 Å². The largest absolute Gasteiger partial charge is 1.00 e. The summed E-state index contributed by atoms with van der Waals surface area (Å²) < 4.78 is 0.602. The molecule has 2 aromatic rings. The van der Waals surface area contributed by atoms with Crippen LogP contribution in [0, 0.1) is 10.1 Å². The van der Waals surface area contributed by atoms with E-state index in [0.29, 0.717) is 4.52 Å². The summed E-state index contributed by atoms with van der Waals surface area (Å²) >= 11 is 0. The topological polar surface area (TPSA) is 130 Å². The zero-order chi connectivity index (χ0) is 9.42. The molecule has 0 bridgehead atoms. The number of aromatic nitrogens is 6. The predicted molar refractivity (Wildman–Crippen MR) is 34.8 cm³/mol. The molecule has 14 heavy (non-hydrogen) atoms. The van der Waals surface area contributed by atoms with Crippen molar-refractivity contribution in [1.29, 1.82) is 0 Å². The standard InChI is InChI=1S/C3HN7O3.K/c11-3-6-8-5-1-4-2(10(12)13)7-9(1)3;/h(H,4,5,6,7,11);/q;+1/p-1. The molecule has 0 radical (unpaired) electrons. The van der Waals surface area contributed by atoms with Crippen molar-refractivity contribution in [1.82, 2.24) is 30.0 Å². The SMILES string of the molecule is O=c1[n-]nnc2nc([N+](=O)[O-])nn12.[K+]. The molecule has 0 saturated carbocycles. The van der Waals surface area contributed by atoms with Crippen molar-refractivity contribution >= 4 is 11.7 Å². The molecule has 2 rings (SSSR count). The molecular formula is C3KN7O3. The van der Waals surface area contributed by atoms with E-state index in [0.717, 1.165) is 0 Å². The summed E-state index contributed by atoms with van der Waals surface area (Å²) in [5, 5.41) is 22.7. The maximum atomic E-state index is 10.8. The average molecular weight is 221 g/mol. The fourth-order valence-corrected chi connectivity index (χ4v) is 0.707. The summed E-state index contributed by atoms with van der Waals surface area (Å²) in [5.41, 5.74) is -0.856. The van der Waals surface area contributed by atoms with Crippen molar-refractivity contribution in [2.24, 2.45) is 0 Å². The molecule has 0 atom stereocenters. The normalized spacial score (nSPS) is 9.71. The van der Waals surface area contributed by atoms with Crippen LogP contribution in [0.2, 0.25) is 0 Å². The Morgan fingerprint density at radius 2 is 2.21 bits per heavy atom. The summed E-state index contributed by atoms with van der Waals surface area (Å²) in [5.74, 6) is -0.953. The van der Waals surface area contributed by atoms with Gasteiger partial charge in [-0.3, -0.25) is 4.79 Å². The van der Waals surface area contributed by atoms with E-state index in [-0.39, 0.29) is 57.2 Å². The van der Waals surface area contributed by atoms with Crippen LogP contribution in [0.5, 0.6) is 0 Å². The first-order chi connectivity index (χ1) is 6.18. The van der Waals surface area contributed by atoms with Crippen molar-refractivity contribution in [3.63, 3.8) is 0 Å². The van der Waals surface area contributed by atoms with Gasteiger partial charge in [0.05, 0.1) is 0 Å². The first-order valence-electron chi connectivity index (χ1n) is 2.96. The van der Waals surface area contributed by atoms with Crippen LogP contribution in [-0.2, 0) is 0 Å². The maximum Gasteiger partial charge on any atom is 1.00 e. The van der Waals surface area contributed by atoms with Crippen molar-refractivity contribution < 1.29 is 56.3 Å². The molecule has 11 heteroatoms. The zero-order valence-electron chi connectivity index (χ0n) is 6.86. The Hall–Kier alpha value is -0.754. The molecule has 0 saturated heterocycles. The molecule has 10 nitrogen and oxygen atoms in total. The average Bonchev–Trinajstić information content (AvgIpc) is 2.49. The first kappa shape index (κ1) is 11.3. The fourth-order valence-electron chi connectivity index (χ4n) is 0.707. The number of hydrogen-bond donors (Lipinski definition) is 0. The van der Waals surface area contributed by atoms with Gasteiger partial charge >= 0.3 is 57.3 Å². The van der Waals surface area contributed by atoms with E-state index in [4.69, 9.17) is 0 Å². The van der Waals surface area contributed by atoms with Gasteiger partial charge in [0.15, 0.2) is 0 Å². The van der Waals surface area contributed by atoms with E-state index in [1.54, 1.807) is 0 Å². The Bertz CT molecular complexity index is 530. The number of hydrogen-bond acceptors (Lipinski definition) is 7. The number of fused-ring (bicyclic) bond motifs is 1. The van der Waals surface area contributed by atoms with Gasteiger partial charge in [-0.05, 0) is 10.0 Å².